The minimum Gasteiger partial charge on any atom is -0.493 e. The summed E-state index contributed by atoms with van der Waals surface area (Å²) in [5.41, 5.74) is 2.57. The molecule has 0 spiro atoms. The Bertz CT molecular complexity index is 2080. The Morgan fingerprint density at radius 3 is 1.20 bits per heavy atom. The van der Waals surface area contributed by atoms with Crippen LogP contribution in [0.1, 0.15) is 26.7 Å². The fourth-order valence-electron chi connectivity index (χ4n) is 5.54. The molecule has 54 heavy (non-hydrogen) atoms. The third-order valence-corrected chi connectivity index (χ3v) is 8.44. The quantitative estimate of drug-likeness (QED) is 0.0522. The van der Waals surface area contributed by atoms with Gasteiger partial charge in [0.15, 0.2) is 0 Å². The standard InChI is InChI=1S/C46H42O8/c1-31(2)45(47)53-43(51-41-23-17-33-9-5-7-11-37(33)29-41)25-27-49-39-19-13-35(14-20-39)36-15-21-40(22-16-36)50-28-26-44(54-46(48)32(3)4)52-42-24-18-34-10-6-8-12-38(34)30-42/h5-24,29-30,43-44H,1,3,25-28H2,2,4H3. The average molecular weight is 723 g/mol. The van der Waals surface area contributed by atoms with E-state index < -0.39 is 24.5 Å². The number of ether oxygens (including phenoxy) is 6. The third-order valence-electron chi connectivity index (χ3n) is 8.44. The van der Waals surface area contributed by atoms with Gasteiger partial charge in [0.2, 0.25) is 12.6 Å². The van der Waals surface area contributed by atoms with E-state index in [1.165, 1.54) is 0 Å². The SMILES string of the molecule is C=C(C)C(=O)OC(CCOc1ccc(-c2ccc(OCCC(OC(=O)C(=C)C)Oc3ccc4ccccc4c3)cc2)cc1)Oc1ccc2ccccc2c1. The molecule has 6 aromatic carbocycles. The molecule has 0 aromatic heterocycles. The molecule has 0 aliphatic rings. The van der Waals surface area contributed by atoms with Crippen LogP contribution in [0.3, 0.4) is 0 Å². The summed E-state index contributed by atoms with van der Waals surface area (Å²) in [7, 11) is 0. The van der Waals surface area contributed by atoms with Crippen LogP contribution in [0.4, 0.5) is 0 Å². The van der Waals surface area contributed by atoms with Crippen molar-refractivity contribution in [2.45, 2.75) is 39.3 Å². The van der Waals surface area contributed by atoms with Crippen molar-refractivity contribution in [3.05, 3.63) is 158 Å². The molecule has 0 fully saturated rings. The maximum atomic E-state index is 12.3. The van der Waals surface area contributed by atoms with Crippen molar-refractivity contribution < 1.29 is 38.0 Å². The molecule has 0 saturated carbocycles. The van der Waals surface area contributed by atoms with E-state index in [1.807, 2.05) is 133 Å². The summed E-state index contributed by atoms with van der Waals surface area (Å²) in [5, 5.41) is 4.22. The van der Waals surface area contributed by atoms with Gasteiger partial charge in [-0.15, -0.1) is 0 Å². The van der Waals surface area contributed by atoms with E-state index in [2.05, 4.69) is 13.2 Å². The molecule has 2 atom stereocenters. The molecule has 8 heteroatoms. The molecule has 0 saturated heterocycles. The van der Waals surface area contributed by atoms with Gasteiger partial charge in [-0.1, -0.05) is 98.1 Å². The van der Waals surface area contributed by atoms with Gasteiger partial charge in [0, 0.05) is 11.1 Å². The lowest BCUT2D eigenvalue weighted by atomic mass is 10.1. The molecule has 0 aliphatic carbocycles. The van der Waals surface area contributed by atoms with Gasteiger partial charge in [0.1, 0.15) is 23.0 Å². The van der Waals surface area contributed by atoms with Crippen LogP contribution in [0.25, 0.3) is 32.7 Å². The highest BCUT2D eigenvalue weighted by molar-refractivity contribution is 5.88. The lowest BCUT2D eigenvalue weighted by molar-refractivity contribution is -0.161. The van der Waals surface area contributed by atoms with Crippen molar-refractivity contribution in [1.82, 2.24) is 0 Å². The van der Waals surface area contributed by atoms with Crippen molar-refractivity contribution in [3.8, 4) is 34.1 Å². The molecule has 274 valence electrons. The number of carbonyl (C=O) groups is 2. The summed E-state index contributed by atoms with van der Waals surface area (Å²) in [6.45, 7) is 11.1. The van der Waals surface area contributed by atoms with Gasteiger partial charge in [0.25, 0.3) is 0 Å². The molecule has 0 N–H and O–H groups in total. The summed E-state index contributed by atoms with van der Waals surface area (Å²) in [5.74, 6) is 1.47. The average Bonchev–Trinajstić information content (AvgIpc) is 3.18. The van der Waals surface area contributed by atoms with Crippen molar-refractivity contribution in [3.63, 3.8) is 0 Å². The van der Waals surface area contributed by atoms with Crippen LogP contribution in [0.2, 0.25) is 0 Å². The summed E-state index contributed by atoms with van der Waals surface area (Å²) in [6, 6.07) is 42.8. The molecule has 0 aliphatic heterocycles. The second-order valence-electron chi connectivity index (χ2n) is 12.8. The van der Waals surface area contributed by atoms with Crippen LogP contribution in [0.5, 0.6) is 23.0 Å². The predicted molar refractivity (Wildman–Crippen MR) is 211 cm³/mol. The van der Waals surface area contributed by atoms with Crippen molar-refractivity contribution >= 4 is 33.5 Å². The van der Waals surface area contributed by atoms with E-state index in [0.717, 1.165) is 32.7 Å². The number of esters is 2. The van der Waals surface area contributed by atoms with Crippen LogP contribution in [-0.2, 0) is 19.1 Å². The summed E-state index contributed by atoms with van der Waals surface area (Å²) in [6.07, 6.45) is -1.10. The van der Waals surface area contributed by atoms with E-state index in [1.54, 1.807) is 13.8 Å². The second kappa shape index (κ2) is 17.8. The topological polar surface area (TPSA) is 89.5 Å². The van der Waals surface area contributed by atoms with E-state index in [0.29, 0.717) is 35.8 Å². The number of hydrogen-bond acceptors (Lipinski definition) is 8. The van der Waals surface area contributed by atoms with Gasteiger partial charge >= 0.3 is 11.9 Å². The Kier molecular flexibility index (Phi) is 12.3. The van der Waals surface area contributed by atoms with Crippen molar-refractivity contribution in [2.75, 3.05) is 13.2 Å². The Morgan fingerprint density at radius 1 is 0.481 bits per heavy atom. The van der Waals surface area contributed by atoms with Crippen LogP contribution in [0.15, 0.2) is 158 Å². The first-order valence-electron chi connectivity index (χ1n) is 17.7. The molecular formula is C46H42O8. The number of fused-ring (bicyclic) bond motifs is 2. The highest BCUT2D eigenvalue weighted by Crippen LogP contribution is 2.27. The minimum atomic E-state index is -0.857. The third kappa shape index (κ3) is 10.3. The molecule has 6 aromatic rings. The number of hydrogen-bond donors (Lipinski definition) is 0. The fourth-order valence-corrected chi connectivity index (χ4v) is 5.54. The summed E-state index contributed by atoms with van der Waals surface area (Å²) >= 11 is 0. The van der Waals surface area contributed by atoms with E-state index in [4.69, 9.17) is 28.4 Å². The molecule has 0 radical (unpaired) electrons. The van der Waals surface area contributed by atoms with Gasteiger partial charge in [-0.3, -0.25) is 0 Å². The zero-order valence-electron chi connectivity index (χ0n) is 30.4. The maximum absolute atomic E-state index is 12.3. The second-order valence-corrected chi connectivity index (χ2v) is 12.8. The first-order valence-corrected chi connectivity index (χ1v) is 17.7. The Labute approximate surface area is 315 Å². The maximum Gasteiger partial charge on any atom is 0.336 e. The fraction of sp³-hybridized carbons (Fsp3) is 0.174. The lowest BCUT2D eigenvalue weighted by Gasteiger charge is -2.20. The zero-order chi connectivity index (χ0) is 37.9. The van der Waals surface area contributed by atoms with Gasteiger partial charge in [-0.05, 0) is 95.1 Å². The molecular weight excluding hydrogens is 680 g/mol. The number of benzene rings is 6. The Balaban J connectivity index is 1.00. The Hall–Kier alpha value is -6.54. The first-order chi connectivity index (χ1) is 26.2. The van der Waals surface area contributed by atoms with Crippen molar-refractivity contribution in [1.29, 1.82) is 0 Å². The van der Waals surface area contributed by atoms with E-state index >= 15 is 0 Å². The molecule has 0 amide bonds. The Morgan fingerprint density at radius 2 is 0.833 bits per heavy atom. The normalized spacial score (nSPS) is 12.0. The van der Waals surface area contributed by atoms with E-state index in [9.17, 15) is 9.59 Å². The van der Waals surface area contributed by atoms with Gasteiger partial charge in [-0.2, -0.15) is 0 Å². The van der Waals surface area contributed by atoms with Crippen LogP contribution >= 0.6 is 0 Å². The van der Waals surface area contributed by atoms with Crippen LogP contribution in [-0.4, -0.2) is 37.7 Å². The van der Waals surface area contributed by atoms with Gasteiger partial charge in [0.05, 0.1) is 26.1 Å². The molecule has 2 unspecified atom stereocenters. The smallest absolute Gasteiger partial charge is 0.336 e. The van der Waals surface area contributed by atoms with Crippen LogP contribution in [0, 0.1) is 0 Å². The minimum absolute atomic E-state index is 0.258. The first kappa shape index (κ1) is 37.2. The molecule has 8 nitrogen and oxygen atoms in total. The highest BCUT2D eigenvalue weighted by Gasteiger charge is 2.19. The summed E-state index contributed by atoms with van der Waals surface area (Å²) < 4.78 is 35.2. The highest BCUT2D eigenvalue weighted by atomic mass is 16.7. The zero-order valence-corrected chi connectivity index (χ0v) is 30.4. The van der Waals surface area contributed by atoms with Gasteiger partial charge < -0.3 is 28.4 Å². The van der Waals surface area contributed by atoms with Gasteiger partial charge in [-0.25, -0.2) is 9.59 Å². The largest absolute Gasteiger partial charge is 0.493 e. The number of carbonyl (C=O) groups excluding carboxylic acids is 2. The molecule has 6 rings (SSSR count). The van der Waals surface area contributed by atoms with Crippen LogP contribution < -0.4 is 18.9 Å². The monoisotopic (exact) mass is 722 g/mol. The van der Waals surface area contributed by atoms with E-state index in [-0.39, 0.29) is 24.4 Å². The molecule has 0 bridgehead atoms. The predicted octanol–water partition coefficient (Wildman–Crippen LogP) is 10.2. The number of rotatable bonds is 17. The van der Waals surface area contributed by atoms with Crippen molar-refractivity contribution in [2.24, 2.45) is 0 Å². The molecule has 0 heterocycles. The lowest BCUT2D eigenvalue weighted by Crippen LogP contribution is -2.26. The summed E-state index contributed by atoms with van der Waals surface area (Å²) in [4.78, 5) is 24.7.